The molecule has 10 nitrogen and oxygen atoms in total. The maximum atomic E-state index is 15.7. The van der Waals surface area contributed by atoms with Crippen LogP contribution in [0.15, 0.2) is 40.0 Å². The van der Waals surface area contributed by atoms with Crippen LogP contribution in [0.1, 0.15) is 42.4 Å². The lowest BCUT2D eigenvalue weighted by atomic mass is 9.89. The fourth-order valence-electron chi connectivity index (χ4n) is 6.08. The molecule has 0 bridgehead atoms. The molecule has 3 aliphatic rings. The van der Waals surface area contributed by atoms with Crippen molar-refractivity contribution in [2.75, 3.05) is 40.3 Å². The highest BCUT2D eigenvalue weighted by molar-refractivity contribution is 7.11. The number of nitrogens with zero attached hydrogens (tertiary/aromatic N) is 5. The number of carbonyl (C=O) groups is 2. The van der Waals surface area contributed by atoms with E-state index in [1.807, 2.05) is 0 Å². The number of carboxylic acids is 1. The molecule has 3 atom stereocenters. The van der Waals surface area contributed by atoms with Crippen molar-refractivity contribution in [2.45, 2.75) is 51.2 Å². The number of carboxylic acid groups (broad SMARTS) is 1. The van der Waals surface area contributed by atoms with Gasteiger partial charge in [-0.15, -0.1) is 11.3 Å². The molecule has 1 aromatic carbocycles. The first-order valence-electron chi connectivity index (χ1n) is 14.0. The molecule has 4 heterocycles. The van der Waals surface area contributed by atoms with Crippen molar-refractivity contribution in [3.05, 3.63) is 62.7 Å². The number of aromatic nitrogens is 1. The molecular formula is C29H34F4N6O4S. The number of halogens is 4. The Balaban J connectivity index is 1.53. The van der Waals surface area contributed by atoms with Gasteiger partial charge in [-0.3, -0.25) is 14.7 Å². The first-order valence-corrected chi connectivity index (χ1v) is 14.9. The SMILES string of the molecule is COC(=O)C1=C(CN2CC(F)(F)[C@H]3[C@@H]2CN(C)N3CCC(C)(C)C(=O)O)NC(c2nccs2)=NC1c1ccc(F)c(F)c1C. The molecule has 1 unspecified atom stereocenters. The quantitative estimate of drug-likeness (QED) is 0.315. The number of fused-ring (bicyclic) bond motifs is 1. The Morgan fingerprint density at radius 3 is 2.64 bits per heavy atom. The number of amidine groups is 1. The number of likely N-dealkylation sites (tertiary alicyclic amines) is 1. The van der Waals surface area contributed by atoms with E-state index in [0.29, 0.717) is 5.01 Å². The van der Waals surface area contributed by atoms with Crippen molar-refractivity contribution in [1.29, 1.82) is 0 Å². The van der Waals surface area contributed by atoms with Crippen LogP contribution in [0.2, 0.25) is 0 Å². The molecule has 44 heavy (non-hydrogen) atoms. The van der Waals surface area contributed by atoms with Crippen molar-refractivity contribution in [1.82, 2.24) is 25.2 Å². The van der Waals surface area contributed by atoms with Crippen LogP contribution >= 0.6 is 11.3 Å². The summed E-state index contributed by atoms with van der Waals surface area (Å²) in [5.74, 6) is -6.86. The maximum Gasteiger partial charge on any atom is 0.338 e. The zero-order chi connectivity index (χ0) is 32.1. The highest BCUT2D eigenvalue weighted by atomic mass is 32.1. The summed E-state index contributed by atoms with van der Waals surface area (Å²) in [6.45, 7) is 4.11. The number of rotatable bonds is 9. The van der Waals surface area contributed by atoms with Crippen molar-refractivity contribution < 1.29 is 37.0 Å². The minimum atomic E-state index is -3.16. The van der Waals surface area contributed by atoms with Gasteiger partial charge in [0.05, 0.1) is 24.6 Å². The number of hydrazine groups is 1. The summed E-state index contributed by atoms with van der Waals surface area (Å²) in [5, 5.41) is 18.0. The van der Waals surface area contributed by atoms with E-state index in [2.05, 4.69) is 15.3 Å². The first kappa shape index (κ1) is 32.0. The lowest BCUT2D eigenvalue weighted by molar-refractivity contribution is -0.148. The fraction of sp³-hybridized carbons (Fsp3) is 0.517. The molecule has 0 spiro atoms. The largest absolute Gasteiger partial charge is 0.481 e. The summed E-state index contributed by atoms with van der Waals surface area (Å²) in [5.41, 5.74) is -0.715. The molecule has 0 amide bonds. The van der Waals surface area contributed by atoms with Gasteiger partial charge in [0.15, 0.2) is 22.5 Å². The van der Waals surface area contributed by atoms with Gasteiger partial charge in [0, 0.05) is 50.0 Å². The van der Waals surface area contributed by atoms with Gasteiger partial charge in [-0.2, -0.15) is 0 Å². The highest BCUT2D eigenvalue weighted by Gasteiger charge is 2.61. The van der Waals surface area contributed by atoms with Crippen LogP contribution in [-0.2, 0) is 14.3 Å². The molecule has 15 heteroatoms. The molecule has 0 aliphatic carbocycles. The lowest BCUT2D eigenvalue weighted by Gasteiger charge is -2.33. The fourth-order valence-corrected chi connectivity index (χ4v) is 6.67. The number of ether oxygens (including phenoxy) is 1. The lowest BCUT2D eigenvalue weighted by Crippen LogP contribution is -2.49. The second-order valence-corrected chi connectivity index (χ2v) is 12.8. The Morgan fingerprint density at radius 1 is 1.27 bits per heavy atom. The zero-order valence-electron chi connectivity index (χ0n) is 24.9. The van der Waals surface area contributed by atoms with E-state index >= 15 is 8.78 Å². The van der Waals surface area contributed by atoms with Gasteiger partial charge in [0.1, 0.15) is 12.1 Å². The predicted octanol–water partition coefficient (Wildman–Crippen LogP) is 3.60. The summed E-state index contributed by atoms with van der Waals surface area (Å²) >= 11 is 1.26. The minimum Gasteiger partial charge on any atom is -0.481 e. The van der Waals surface area contributed by atoms with Crippen LogP contribution < -0.4 is 5.32 Å². The van der Waals surface area contributed by atoms with E-state index in [0.717, 1.165) is 6.07 Å². The van der Waals surface area contributed by atoms with Crippen LogP contribution in [0.25, 0.3) is 0 Å². The third-order valence-electron chi connectivity index (χ3n) is 8.64. The highest BCUT2D eigenvalue weighted by Crippen LogP contribution is 2.43. The van der Waals surface area contributed by atoms with E-state index in [1.54, 1.807) is 42.4 Å². The molecule has 1 aromatic heterocycles. The second-order valence-electron chi connectivity index (χ2n) is 11.9. The first-order chi connectivity index (χ1) is 20.7. The Bertz CT molecular complexity index is 1520. The number of carbonyl (C=O) groups excluding carboxylic acids is 1. The molecule has 238 valence electrons. The summed E-state index contributed by atoms with van der Waals surface area (Å²) in [7, 11) is 2.86. The molecule has 5 rings (SSSR count). The zero-order valence-corrected chi connectivity index (χ0v) is 25.7. The molecule has 0 radical (unpaired) electrons. The number of aliphatic imine (C=N–C) groups is 1. The molecule has 2 N–H and O–H groups in total. The Kier molecular flexibility index (Phi) is 8.61. The number of hydrogen-bond acceptors (Lipinski definition) is 10. The summed E-state index contributed by atoms with van der Waals surface area (Å²) < 4.78 is 65.4. The number of thiazole rings is 1. The van der Waals surface area contributed by atoms with Gasteiger partial charge in [0.25, 0.3) is 5.92 Å². The number of nitrogens with one attached hydrogen (secondary N) is 1. The van der Waals surface area contributed by atoms with Gasteiger partial charge in [0.2, 0.25) is 0 Å². The van der Waals surface area contributed by atoms with Crippen LogP contribution in [0.5, 0.6) is 0 Å². The molecular weight excluding hydrogens is 604 g/mol. The average molecular weight is 639 g/mol. The number of methoxy groups -OCH3 is 1. The van der Waals surface area contributed by atoms with Crippen LogP contribution in [0, 0.1) is 24.0 Å². The molecule has 2 aromatic rings. The molecule has 2 fully saturated rings. The average Bonchev–Trinajstić information content (AvgIpc) is 3.67. The van der Waals surface area contributed by atoms with Gasteiger partial charge in [-0.1, -0.05) is 6.07 Å². The second kappa shape index (κ2) is 11.8. The van der Waals surface area contributed by atoms with Crippen molar-refractivity contribution in [3.63, 3.8) is 0 Å². The van der Waals surface area contributed by atoms with Crippen LogP contribution in [0.4, 0.5) is 17.6 Å². The summed E-state index contributed by atoms with van der Waals surface area (Å²) in [4.78, 5) is 35.5. The molecule has 0 saturated carbocycles. The van der Waals surface area contributed by atoms with Gasteiger partial charge in [-0.05, 0) is 44.4 Å². The third-order valence-corrected chi connectivity index (χ3v) is 9.42. The van der Waals surface area contributed by atoms with E-state index < -0.39 is 59.6 Å². The van der Waals surface area contributed by atoms with Gasteiger partial charge < -0.3 is 15.2 Å². The topological polar surface area (TPSA) is 111 Å². The standard InChI is InChI=1S/C29H34F4N6O4S/c1-15-16(6-7-17(30)21(15)31)22-20(26(40)43-5)18(35-24(36-22)25-34-9-11-44-25)12-38-14-29(32,33)23-19(38)13-37(4)39(23)10-8-28(2,3)27(41)42/h6-7,9,11,19,22-23H,8,10,12-14H2,1-5H3,(H,35,36)(H,41,42)/t19-,22?,23+/m0/s1. The van der Waals surface area contributed by atoms with E-state index in [-0.39, 0.29) is 54.3 Å². The summed E-state index contributed by atoms with van der Waals surface area (Å²) in [6, 6.07) is -0.725. The number of esters is 1. The molecule has 3 aliphatic heterocycles. The monoisotopic (exact) mass is 638 g/mol. The number of alkyl halides is 2. The third kappa shape index (κ3) is 5.73. The minimum absolute atomic E-state index is 0.0138. The maximum absolute atomic E-state index is 15.7. The van der Waals surface area contributed by atoms with E-state index in [4.69, 9.17) is 4.74 Å². The van der Waals surface area contributed by atoms with Crippen molar-refractivity contribution >= 4 is 29.1 Å². The molecule has 2 saturated heterocycles. The number of benzene rings is 1. The Morgan fingerprint density at radius 2 is 2.00 bits per heavy atom. The smallest absolute Gasteiger partial charge is 0.338 e. The Hall–Kier alpha value is -3.40. The normalized spacial score (nSPS) is 24.3. The van der Waals surface area contributed by atoms with Crippen LogP contribution in [-0.4, -0.2) is 101 Å². The Labute approximate surface area is 256 Å². The number of likely N-dealkylation sites (N-methyl/N-ethyl adjacent to an activating group) is 1. The van der Waals surface area contributed by atoms with Crippen molar-refractivity contribution in [3.8, 4) is 0 Å². The van der Waals surface area contributed by atoms with Crippen molar-refractivity contribution in [2.24, 2.45) is 10.4 Å². The van der Waals surface area contributed by atoms with E-state index in [9.17, 15) is 23.5 Å². The van der Waals surface area contributed by atoms with Crippen LogP contribution in [0.3, 0.4) is 0 Å². The number of aliphatic carboxylic acids is 1. The van der Waals surface area contributed by atoms with Gasteiger partial charge in [-0.25, -0.2) is 37.4 Å². The predicted molar refractivity (Wildman–Crippen MR) is 154 cm³/mol. The van der Waals surface area contributed by atoms with Gasteiger partial charge >= 0.3 is 11.9 Å². The van der Waals surface area contributed by atoms with E-state index in [1.165, 1.54) is 36.4 Å². The summed E-state index contributed by atoms with van der Waals surface area (Å²) in [6.07, 6.45) is 1.72. The number of hydrogen-bond donors (Lipinski definition) is 2.